The number of anilines is 1. The first-order chi connectivity index (χ1) is 11.0. The zero-order valence-corrected chi connectivity index (χ0v) is 13.5. The van der Waals surface area contributed by atoms with Gasteiger partial charge in [0.05, 0.1) is 29.1 Å². The molecule has 7 nitrogen and oxygen atoms in total. The Balaban J connectivity index is 1.98. The molecule has 0 radical (unpaired) electrons. The lowest BCUT2D eigenvalue weighted by Crippen LogP contribution is -2.37. The molecule has 0 amide bonds. The summed E-state index contributed by atoms with van der Waals surface area (Å²) in [4.78, 5) is 11.5. The summed E-state index contributed by atoms with van der Waals surface area (Å²) in [7, 11) is -3.27. The standard InChI is InChI=1S/C15H16N4O3S/c1-23(20,21)11-2-3-13-12(10-11)17-15(14-16-4-5-19(13)14)18-6-8-22-9-7-18/h2-5,10H,6-9H2,1H3. The van der Waals surface area contributed by atoms with Crippen LogP contribution in [0.4, 0.5) is 5.82 Å². The second-order valence-corrected chi connectivity index (χ2v) is 7.59. The molecule has 0 saturated carbocycles. The van der Waals surface area contributed by atoms with Gasteiger partial charge in [0.1, 0.15) is 0 Å². The Labute approximate surface area is 133 Å². The van der Waals surface area contributed by atoms with Crippen LogP contribution in [0.3, 0.4) is 0 Å². The maximum atomic E-state index is 11.8. The van der Waals surface area contributed by atoms with Crippen LogP contribution in [-0.4, -0.2) is 55.3 Å². The van der Waals surface area contributed by atoms with E-state index in [4.69, 9.17) is 9.72 Å². The van der Waals surface area contributed by atoms with Gasteiger partial charge in [0.2, 0.25) is 0 Å². The first kappa shape index (κ1) is 14.4. The van der Waals surface area contributed by atoms with Gasteiger partial charge in [0, 0.05) is 31.7 Å². The molecular weight excluding hydrogens is 316 g/mol. The van der Waals surface area contributed by atoms with Gasteiger partial charge in [-0.05, 0) is 18.2 Å². The summed E-state index contributed by atoms with van der Waals surface area (Å²) < 4.78 is 30.9. The molecule has 23 heavy (non-hydrogen) atoms. The Kier molecular flexibility index (Phi) is 3.24. The summed E-state index contributed by atoms with van der Waals surface area (Å²) in [5.41, 5.74) is 2.24. The number of rotatable bonds is 2. The Morgan fingerprint density at radius 3 is 2.74 bits per heavy atom. The lowest BCUT2D eigenvalue weighted by Gasteiger charge is -2.28. The van der Waals surface area contributed by atoms with E-state index in [9.17, 15) is 8.42 Å². The number of aromatic nitrogens is 3. The van der Waals surface area contributed by atoms with E-state index in [1.807, 2.05) is 10.6 Å². The van der Waals surface area contributed by atoms with Crippen LogP contribution in [0.25, 0.3) is 16.7 Å². The van der Waals surface area contributed by atoms with Crippen LogP contribution in [0, 0.1) is 0 Å². The average molecular weight is 332 g/mol. The molecule has 1 saturated heterocycles. The molecule has 120 valence electrons. The number of ether oxygens (including phenoxy) is 1. The van der Waals surface area contributed by atoms with Crippen LogP contribution in [0.2, 0.25) is 0 Å². The second kappa shape index (κ2) is 5.17. The Bertz CT molecular complexity index is 991. The fraction of sp³-hybridized carbons (Fsp3) is 0.333. The highest BCUT2D eigenvalue weighted by atomic mass is 32.2. The van der Waals surface area contributed by atoms with Crippen LogP contribution >= 0.6 is 0 Å². The van der Waals surface area contributed by atoms with Gasteiger partial charge in [-0.2, -0.15) is 0 Å². The van der Waals surface area contributed by atoms with Gasteiger partial charge in [-0.15, -0.1) is 0 Å². The van der Waals surface area contributed by atoms with E-state index in [0.717, 1.165) is 30.1 Å². The summed E-state index contributed by atoms with van der Waals surface area (Å²) >= 11 is 0. The van der Waals surface area contributed by atoms with Crippen molar-refractivity contribution in [2.45, 2.75) is 4.90 Å². The molecule has 1 aliphatic rings. The summed E-state index contributed by atoms with van der Waals surface area (Å²) in [6.07, 6.45) is 4.79. The third kappa shape index (κ3) is 2.43. The van der Waals surface area contributed by atoms with E-state index >= 15 is 0 Å². The van der Waals surface area contributed by atoms with Gasteiger partial charge in [0.25, 0.3) is 0 Å². The predicted molar refractivity (Wildman–Crippen MR) is 86.6 cm³/mol. The number of imidazole rings is 1. The van der Waals surface area contributed by atoms with Crippen molar-refractivity contribution in [3.63, 3.8) is 0 Å². The molecule has 3 aromatic rings. The zero-order chi connectivity index (χ0) is 16.0. The third-order valence-electron chi connectivity index (χ3n) is 4.01. The van der Waals surface area contributed by atoms with Gasteiger partial charge >= 0.3 is 0 Å². The Hall–Kier alpha value is -2.19. The van der Waals surface area contributed by atoms with Gasteiger partial charge in [0.15, 0.2) is 21.3 Å². The number of sulfone groups is 1. The number of benzene rings is 1. The lowest BCUT2D eigenvalue weighted by atomic mass is 10.3. The van der Waals surface area contributed by atoms with Gasteiger partial charge < -0.3 is 9.64 Å². The van der Waals surface area contributed by atoms with E-state index in [0.29, 0.717) is 18.7 Å². The third-order valence-corrected chi connectivity index (χ3v) is 5.12. The second-order valence-electron chi connectivity index (χ2n) is 5.58. The number of hydrogen-bond donors (Lipinski definition) is 0. The van der Waals surface area contributed by atoms with E-state index in [1.165, 1.54) is 6.26 Å². The summed E-state index contributed by atoms with van der Waals surface area (Å²) in [6, 6.07) is 5.00. The van der Waals surface area contributed by atoms with Crippen LogP contribution in [-0.2, 0) is 14.6 Å². The monoisotopic (exact) mass is 332 g/mol. The first-order valence-corrected chi connectivity index (χ1v) is 9.23. The summed E-state index contributed by atoms with van der Waals surface area (Å²) in [5, 5.41) is 0. The van der Waals surface area contributed by atoms with E-state index in [2.05, 4.69) is 9.88 Å². The lowest BCUT2D eigenvalue weighted by molar-refractivity contribution is 0.122. The highest BCUT2D eigenvalue weighted by Crippen LogP contribution is 2.26. The molecule has 0 unspecified atom stereocenters. The minimum atomic E-state index is -3.27. The highest BCUT2D eigenvalue weighted by Gasteiger charge is 2.19. The molecule has 4 rings (SSSR count). The van der Waals surface area contributed by atoms with Gasteiger partial charge in [-0.1, -0.05) is 0 Å². The van der Waals surface area contributed by atoms with Crippen molar-refractivity contribution in [3.05, 3.63) is 30.6 Å². The largest absolute Gasteiger partial charge is 0.378 e. The van der Waals surface area contributed by atoms with Gasteiger partial charge in [-0.3, -0.25) is 4.40 Å². The van der Waals surface area contributed by atoms with Gasteiger partial charge in [-0.25, -0.2) is 18.4 Å². The zero-order valence-electron chi connectivity index (χ0n) is 12.6. The Morgan fingerprint density at radius 1 is 1.22 bits per heavy atom. The normalized spacial score (nSPS) is 16.3. The van der Waals surface area contributed by atoms with Crippen LogP contribution < -0.4 is 4.90 Å². The molecular formula is C15H16N4O3S. The predicted octanol–water partition coefficient (Wildman–Crippen LogP) is 1.12. The molecule has 0 aliphatic carbocycles. The minimum Gasteiger partial charge on any atom is -0.378 e. The van der Waals surface area contributed by atoms with Crippen molar-refractivity contribution in [2.24, 2.45) is 0 Å². The average Bonchev–Trinajstić information content (AvgIpc) is 3.03. The number of hydrogen-bond acceptors (Lipinski definition) is 6. The van der Waals surface area contributed by atoms with Crippen molar-refractivity contribution in [1.82, 2.24) is 14.4 Å². The minimum absolute atomic E-state index is 0.268. The molecule has 1 aromatic carbocycles. The van der Waals surface area contributed by atoms with Crippen molar-refractivity contribution >= 4 is 32.3 Å². The van der Waals surface area contributed by atoms with E-state index in [1.54, 1.807) is 24.4 Å². The van der Waals surface area contributed by atoms with Crippen molar-refractivity contribution in [1.29, 1.82) is 0 Å². The number of nitrogens with zero attached hydrogens (tertiary/aromatic N) is 4. The molecule has 2 aromatic heterocycles. The van der Waals surface area contributed by atoms with Crippen LogP contribution in [0.1, 0.15) is 0 Å². The maximum absolute atomic E-state index is 11.8. The molecule has 0 spiro atoms. The SMILES string of the molecule is CS(=O)(=O)c1ccc2c(c1)nc(N1CCOCC1)c1nccn12. The summed E-state index contributed by atoms with van der Waals surface area (Å²) in [6.45, 7) is 2.78. The van der Waals surface area contributed by atoms with Crippen LogP contribution in [0.5, 0.6) is 0 Å². The smallest absolute Gasteiger partial charge is 0.180 e. The fourth-order valence-electron chi connectivity index (χ4n) is 2.84. The molecule has 1 fully saturated rings. The molecule has 1 aliphatic heterocycles. The van der Waals surface area contributed by atoms with Crippen molar-refractivity contribution in [2.75, 3.05) is 37.5 Å². The van der Waals surface area contributed by atoms with Crippen molar-refractivity contribution < 1.29 is 13.2 Å². The Morgan fingerprint density at radius 2 is 2.00 bits per heavy atom. The molecule has 3 heterocycles. The first-order valence-electron chi connectivity index (χ1n) is 7.33. The van der Waals surface area contributed by atoms with E-state index in [-0.39, 0.29) is 4.90 Å². The van der Waals surface area contributed by atoms with Crippen molar-refractivity contribution in [3.8, 4) is 0 Å². The number of fused-ring (bicyclic) bond motifs is 3. The van der Waals surface area contributed by atoms with Crippen LogP contribution in [0.15, 0.2) is 35.5 Å². The molecule has 0 atom stereocenters. The molecule has 8 heteroatoms. The highest BCUT2D eigenvalue weighted by molar-refractivity contribution is 7.90. The maximum Gasteiger partial charge on any atom is 0.180 e. The summed E-state index contributed by atoms with van der Waals surface area (Å²) in [5.74, 6) is 0.761. The quantitative estimate of drug-likeness (QED) is 0.700. The fourth-order valence-corrected chi connectivity index (χ4v) is 3.48. The molecule has 0 N–H and O–H groups in total. The topological polar surface area (TPSA) is 76.8 Å². The molecule has 0 bridgehead atoms. The van der Waals surface area contributed by atoms with E-state index < -0.39 is 9.84 Å². The number of morpholine rings is 1.